The van der Waals surface area contributed by atoms with Crippen LogP contribution in [0.3, 0.4) is 0 Å². The van der Waals surface area contributed by atoms with Crippen molar-refractivity contribution in [2.24, 2.45) is 0 Å². The molecule has 1 aliphatic rings. The summed E-state index contributed by atoms with van der Waals surface area (Å²) in [5, 5.41) is 12.2. The number of benzene rings is 3. The Bertz CT molecular complexity index is 1450. The number of amides is 1. The number of carbonyl (C=O) groups is 2. The molecule has 2 heterocycles. The van der Waals surface area contributed by atoms with Gasteiger partial charge in [-0.3, -0.25) is 14.5 Å². The van der Waals surface area contributed by atoms with Gasteiger partial charge in [0.25, 0.3) is 11.7 Å². The summed E-state index contributed by atoms with van der Waals surface area (Å²) in [5.41, 5.74) is 4.71. The van der Waals surface area contributed by atoms with Gasteiger partial charge in [-0.1, -0.05) is 42.5 Å². The number of hydrogen-bond acceptors (Lipinski definition) is 4. The van der Waals surface area contributed by atoms with Gasteiger partial charge in [-0.2, -0.15) is 0 Å². The molecule has 0 radical (unpaired) electrons. The lowest BCUT2D eigenvalue weighted by Crippen LogP contribution is -2.29. The van der Waals surface area contributed by atoms with Crippen LogP contribution in [0.5, 0.6) is 0 Å². The van der Waals surface area contributed by atoms with Crippen molar-refractivity contribution in [3.63, 3.8) is 0 Å². The van der Waals surface area contributed by atoms with Gasteiger partial charge in [0, 0.05) is 48.1 Å². The molecule has 0 spiro atoms. The first-order valence-corrected chi connectivity index (χ1v) is 11.1. The second-order valence-corrected chi connectivity index (χ2v) is 8.68. The highest BCUT2D eigenvalue weighted by atomic mass is 16.3. The van der Waals surface area contributed by atoms with Crippen molar-refractivity contribution in [3.8, 4) is 0 Å². The maximum absolute atomic E-state index is 13.4. The van der Waals surface area contributed by atoms with Gasteiger partial charge in [0.15, 0.2) is 0 Å². The Kier molecular flexibility index (Phi) is 5.21. The number of aliphatic hydroxyl groups excluding tert-OH is 1. The monoisotopic (exact) mass is 451 g/mol. The Labute approximate surface area is 197 Å². The van der Waals surface area contributed by atoms with Crippen LogP contribution in [0.15, 0.2) is 84.6 Å². The Morgan fingerprint density at radius 2 is 1.62 bits per heavy atom. The van der Waals surface area contributed by atoms with Crippen LogP contribution in [0, 0.1) is 6.92 Å². The van der Waals surface area contributed by atoms with Crippen molar-refractivity contribution in [2.45, 2.75) is 13.0 Å². The fourth-order valence-corrected chi connectivity index (χ4v) is 4.61. The van der Waals surface area contributed by atoms with E-state index in [9.17, 15) is 14.7 Å². The number of Topliss-reactive ketones (excluding diaryl/α,β-unsaturated/α-hetero) is 1. The fraction of sp³-hybridized carbons (Fsp3) is 0.143. The van der Waals surface area contributed by atoms with Crippen molar-refractivity contribution >= 4 is 39.7 Å². The van der Waals surface area contributed by atoms with Crippen molar-refractivity contribution in [3.05, 3.63) is 101 Å². The molecule has 1 atom stereocenters. The van der Waals surface area contributed by atoms with Gasteiger partial charge in [0.1, 0.15) is 5.76 Å². The molecule has 6 heteroatoms. The smallest absolute Gasteiger partial charge is 0.300 e. The van der Waals surface area contributed by atoms with Crippen molar-refractivity contribution < 1.29 is 14.7 Å². The molecule has 0 saturated carbocycles. The van der Waals surface area contributed by atoms with E-state index < -0.39 is 17.7 Å². The number of hydrogen-bond donors (Lipinski definition) is 2. The van der Waals surface area contributed by atoms with E-state index in [2.05, 4.69) is 4.98 Å². The third-order valence-corrected chi connectivity index (χ3v) is 6.42. The maximum Gasteiger partial charge on any atom is 0.300 e. The zero-order valence-corrected chi connectivity index (χ0v) is 19.2. The van der Waals surface area contributed by atoms with Crippen LogP contribution in [-0.2, 0) is 9.59 Å². The zero-order valence-electron chi connectivity index (χ0n) is 19.2. The lowest BCUT2D eigenvalue weighted by Gasteiger charge is -2.27. The van der Waals surface area contributed by atoms with E-state index in [-0.39, 0.29) is 11.3 Å². The Morgan fingerprint density at radius 3 is 2.32 bits per heavy atom. The molecule has 0 bridgehead atoms. The molecular weight excluding hydrogens is 426 g/mol. The van der Waals surface area contributed by atoms with Crippen LogP contribution in [0.2, 0.25) is 0 Å². The Hall–Kier alpha value is -4.32. The van der Waals surface area contributed by atoms with E-state index in [0.29, 0.717) is 11.3 Å². The number of aromatic amines is 1. The standard InChI is InChI=1S/C28H25N3O3/c1-17-8-4-5-9-20(17)25-24(26(32)22-16-29-23-11-7-6-10-21(22)23)27(33)28(34)31(25)19-14-12-18(13-15-19)30(2)3/h4-16,25,29,32H,1-3H3/b26-24+. The van der Waals surface area contributed by atoms with Crippen LogP contribution in [0.1, 0.15) is 22.7 Å². The van der Waals surface area contributed by atoms with Crippen LogP contribution >= 0.6 is 0 Å². The first-order valence-electron chi connectivity index (χ1n) is 11.1. The third-order valence-electron chi connectivity index (χ3n) is 6.42. The summed E-state index contributed by atoms with van der Waals surface area (Å²) in [6, 6.07) is 21.9. The highest BCUT2D eigenvalue weighted by Gasteiger charge is 2.47. The molecule has 5 rings (SSSR count). The van der Waals surface area contributed by atoms with Crippen LogP contribution in [0.25, 0.3) is 16.7 Å². The number of nitrogens with one attached hydrogen (secondary N) is 1. The van der Waals surface area contributed by atoms with Gasteiger partial charge in [-0.05, 0) is 48.4 Å². The fourth-order valence-electron chi connectivity index (χ4n) is 4.61. The molecule has 34 heavy (non-hydrogen) atoms. The summed E-state index contributed by atoms with van der Waals surface area (Å²) in [4.78, 5) is 33.4. The number of nitrogens with zero attached hydrogens (tertiary/aromatic N) is 2. The van der Waals surface area contributed by atoms with E-state index in [1.165, 1.54) is 4.90 Å². The molecule has 3 aromatic carbocycles. The summed E-state index contributed by atoms with van der Waals surface area (Å²) in [6.45, 7) is 1.94. The number of rotatable bonds is 4. The van der Waals surface area contributed by atoms with Gasteiger partial charge >= 0.3 is 0 Å². The molecule has 1 saturated heterocycles. The minimum Gasteiger partial charge on any atom is -0.507 e. The quantitative estimate of drug-likeness (QED) is 0.255. The number of para-hydroxylation sites is 1. The van der Waals surface area contributed by atoms with Crippen molar-refractivity contribution in [1.29, 1.82) is 0 Å². The summed E-state index contributed by atoms with van der Waals surface area (Å²) >= 11 is 0. The summed E-state index contributed by atoms with van der Waals surface area (Å²) in [6.07, 6.45) is 1.67. The van der Waals surface area contributed by atoms with E-state index >= 15 is 0 Å². The predicted octanol–water partition coefficient (Wildman–Crippen LogP) is 5.17. The molecule has 1 fully saturated rings. The molecule has 1 amide bonds. The van der Waals surface area contributed by atoms with Crippen LogP contribution in [-0.4, -0.2) is 35.9 Å². The molecular formula is C28H25N3O3. The number of H-pyrrole nitrogens is 1. The molecule has 4 aromatic rings. The molecule has 2 N–H and O–H groups in total. The van der Waals surface area contributed by atoms with Crippen molar-refractivity contribution in [2.75, 3.05) is 23.9 Å². The lowest BCUT2D eigenvalue weighted by molar-refractivity contribution is -0.132. The van der Waals surface area contributed by atoms with Gasteiger partial charge in [-0.15, -0.1) is 0 Å². The minimum atomic E-state index is -0.750. The largest absolute Gasteiger partial charge is 0.507 e. The van der Waals surface area contributed by atoms with Crippen LogP contribution in [0.4, 0.5) is 11.4 Å². The van der Waals surface area contributed by atoms with E-state index in [1.54, 1.807) is 6.20 Å². The third kappa shape index (κ3) is 3.35. The molecule has 6 nitrogen and oxygen atoms in total. The predicted molar refractivity (Wildman–Crippen MR) is 135 cm³/mol. The molecule has 1 unspecified atom stereocenters. The Morgan fingerprint density at radius 1 is 0.941 bits per heavy atom. The SMILES string of the molecule is Cc1ccccc1C1/C(=C(\O)c2c[nH]c3ccccc23)C(=O)C(=O)N1c1ccc(N(C)C)cc1. The van der Waals surface area contributed by atoms with E-state index in [0.717, 1.165) is 27.7 Å². The summed E-state index contributed by atoms with van der Waals surface area (Å²) in [7, 11) is 3.88. The summed E-state index contributed by atoms with van der Waals surface area (Å²) in [5.74, 6) is -1.54. The number of aryl methyl sites for hydroxylation is 1. The molecule has 1 aromatic heterocycles. The van der Waals surface area contributed by atoms with Gasteiger partial charge < -0.3 is 15.0 Å². The number of aliphatic hydroxyl groups is 1. The minimum absolute atomic E-state index is 0.0840. The number of aromatic nitrogens is 1. The topological polar surface area (TPSA) is 76.6 Å². The zero-order chi connectivity index (χ0) is 24.0. The van der Waals surface area contributed by atoms with Gasteiger partial charge in [0.2, 0.25) is 0 Å². The second-order valence-electron chi connectivity index (χ2n) is 8.68. The molecule has 1 aliphatic heterocycles. The first-order chi connectivity index (χ1) is 16.4. The van der Waals surface area contributed by atoms with Crippen LogP contribution < -0.4 is 9.80 Å². The Balaban J connectivity index is 1.74. The number of carbonyl (C=O) groups excluding carboxylic acids is 2. The molecule has 0 aliphatic carbocycles. The lowest BCUT2D eigenvalue weighted by atomic mass is 9.92. The van der Waals surface area contributed by atoms with Gasteiger partial charge in [-0.25, -0.2) is 0 Å². The second kappa shape index (κ2) is 8.23. The van der Waals surface area contributed by atoms with Gasteiger partial charge in [0.05, 0.1) is 11.6 Å². The summed E-state index contributed by atoms with van der Waals surface area (Å²) < 4.78 is 0. The number of ketones is 1. The first kappa shape index (κ1) is 21.5. The highest BCUT2D eigenvalue weighted by molar-refractivity contribution is 6.51. The van der Waals surface area contributed by atoms with Crippen molar-refractivity contribution in [1.82, 2.24) is 4.98 Å². The molecule has 170 valence electrons. The van der Waals surface area contributed by atoms with E-state index in [1.807, 2.05) is 98.7 Å². The maximum atomic E-state index is 13.4. The highest BCUT2D eigenvalue weighted by Crippen LogP contribution is 2.44. The normalized spacial score (nSPS) is 17.5. The number of anilines is 2. The number of fused-ring (bicyclic) bond motifs is 1. The van der Waals surface area contributed by atoms with E-state index in [4.69, 9.17) is 0 Å². The average Bonchev–Trinajstić information content (AvgIpc) is 3.38. The average molecular weight is 452 g/mol.